The van der Waals surface area contributed by atoms with Crippen LogP contribution in [0.3, 0.4) is 0 Å². The van der Waals surface area contributed by atoms with Gasteiger partial charge in [0.1, 0.15) is 5.75 Å². The van der Waals surface area contributed by atoms with Crippen LogP contribution in [0.4, 0.5) is 0 Å². The second kappa shape index (κ2) is 6.14. The fourth-order valence-electron chi connectivity index (χ4n) is 2.00. The Labute approximate surface area is 127 Å². The lowest BCUT2D eigenvalue weighted by molar-refractivity contribution is 0.406. The summed E-state index contributed by atoms with van der Waals surface area (Å²) in [5, 5.41) is 3.96. The van der Waals surface area contributed by atoms with Gasteiger partial charge in [-0.15, -0.1) is 11.3 Å². The average Bonchev–Trinajstić information content (AvgIpc) is 2.72. The molecule has 0 fully saturated rings. The van der Waals surface area contributed by atoms with Crippen LogP contribution >= 0.6 is 34.5 Å². The molecule has 0 aliphatic carbocycles. The molecule has 2 nitrogen and oxygen atoms in total. The van der Waals surface area contributed by atoms with Gasteiger partial charge in [-0.2, -0.15) is 0 Å². The van der Waals surface area contributed by atoms with Crippen molar-refractivity contribution in [3.8, 4) is 5.75 Å². The van der Waals surface area contributed by atoms with Crippen LogP contribution in [0.25, 0.3) is 0 Å². The van der Waals surface area contributed by atoms with Gasteiger partial charge in [-0.25, -0.2) is 0 Å². The van der Waals surface area contributed by atoms with Crippen molar-refractivity contribution in [3.05, 3.63) is 49.6 Å². The summed E-state index contributed by atoms with van der Waals surface area (Å²) in [5.41, 5.74) is 2.14. The van der Waals surface area contributed by atoms with E-state index in [4.69, 9.17) is 27.9 Å². The van der Waals surface area contributed by atoms with E-state index in [0.717, 1.165) is 26.1 Å². The van der Waals surface area contributed by atoms with Crippen LogP contribution in [-0.2, 0) is 0 Å². The van der Waals surface area contributed by atoms with Crippen LogP contribution in [0.5, 0.6) is 5.75 Å². The van der Waals surface area contributed by atoms with E-state index in [0.29, 0.717) is 5.02 Å². The van der Waals surface area contributed by atoms with Crippen molar-refractivity contribution < 1.29 is 4.74 Å². The zero-order chi connectivity index (χ0) is 14.0. The first kappa shape index (κ1) is 14.7. The van der Waals surface area contributed by atoms with Crippen molar-refractivity contribution in [2.45, 2.75) is 13.0 Å². The number of aryl methyl sites for hydroxylation is 1. The molecule has 1 aromatic heterocycles. The lowest BCUT2D eigenvalue weighted by Crippen LogP contribution is -2.17. The number of rotatable bonds is 4. The van der Waals surface area contributed by atoms with E-state index in [1.807, 2.05) is 32.2 Å². The van der Waals surface area contributed by atoms with E-state index in [-0.39, 0.29) is 6.04 Å². The summed E-state index contributed by atoms with van der Waals surface area (Å²) < 4.78 is 6.24. The summed E-state index contributed by atoms with van der Waals surface area (Å²) in [7, 11) is 3.57. The molecule has 5 heteroatoms. The summed E-state index contributed by atoms with van der Waals surface area (Å²) in [6.45, 7) is 2.01. The maximum Gasteiger partial charge on any atom is 0.125 e. The van der Waals surface area contributed by atoms with Crippen LogP contribution < -0.4 is 10.1 Å². The number of ether oxygens (including phenoxy) is 1. The Morgan fingerprint density at radius 3 is 2.53 bits per heavy atom. The van der Waals surface area contributed by atoms with Gasteiger partial charge in [-0.3, -0.25) is 0 Å². The average molecular weight is 316 g/mol. The van der Waals surface area contributed by atoms with Gasteiger partial charge in [0.2, 0.25) is 0 Å². The van der Waals surface area contributed by atoms with E-state index in [1.165, 1.54) is 0 Å². The van der Waals surface area contributed by atoms with E-state index >= 15 is 0 Å². The Kier molecular flexibility index (Phi) is 4.74. The van der Waals surface area contributed by atoms with Crippen LogP contribution in [0.2, 0.25) is 9.36 Å². The number of nitrogens with one attached hydrogen (secondary N) is 1. The van der Waals surface area contributed by atoms with E-state index in [1.54, 1.807) is 18.4 Å². The number of thiophene rings is 1. The highest BCUT2D eigenvalue weighted by atomic mass is 35.5. The predicted octanol–water partition coefficient (Wildman–Crippen LogP) is 4.68. The standard InChI is InChI=1S/C14H15Cl2NOS/c1-8-6-12(19-14(8)16)13(17-2)10-5-4-9(15)7-11(10)18-3/h4-7,13,17H,1-3H3. The quantitative estimate of drug-likeness (QED) is 0.884. The molecule has 0 amide bonds. The SMILES string of the molecule is CNC(c1cc(C)c(Cl)s1)c1ccc(Cl)cc1OC. The molecule has 2 aromatic rings. The smallest absolute Gasteiger partial charge is 0.125 e. The van der Waals surface area contributed by atoms with Gasteiger partial charge in [0.05, 0.1) is 17.5 Å². The van der Waals surface area contributed by atoms with Gasteiger partial charge in [-0.1, -0.05) is 29.3 Å². The summed E-state index contributed by atoms with van der Waals surface area (Å²) >= 11 is 13.7. The number of hydrogen-bond donors (Lipinski definition) is 1. The highest BCUT2D eigenvalue weighted by Crippen LogP contribution is 2.37. The van der Waals surface area contributed by atoms with E-state index in [9.17, 15) is 0 Å². The van der Waals surface area contributed by atoms with Crippen LogP contribution in [0, 0.1) is 6.92 Å². The molecule has 1 atom stereocenters. The van der Waals surface area contributed by atoms with Crippen LogP contribution in [0.15, 0.2) is 24.3 Å². The van der Waals surface area contributed by atoms with Gasteiger partial charge in [-0.05, 0) is 37.7 Å². The minimum atomic E-state index is 0.0448. The zero-order valence-electron chi connectivity index (χ0n) is 11.0. The Balaban J connectivity index is 2.47. The molecule has 0 radical (unpaired) electrons. The summed E-state index contributed by atoms with van der Waals surface area (Å²) in [6, 6.07) is 7.81. The molecule has 2 rings (SSSR count). The fourth-order valence-corrected chi connectivity index (χ4v) is 3.51. The number of hydrogen-bond acceptors (Lipinski definition) is 3. The molecule has 0 saturated heterocycles. The molecule has 1 heterocycles. The largest absolute Gasteiger partial charge is 0.496 e. The third-order valence-electron chi connectivity index (χ3n) is 2.96. The molecule has 0 saturated carbocycles. The summed E-state index contributed by atoms with van der Waals surface area (Å²) in [5.74, 6) is 0.772. The van der Waals surface area contributed by atoms with E-state index in [2.05, 4.69) is 11.4 Å². The maximum atomic E-state index is 6.16. The minimum Gasteiger partial charge on any atom is -0.496 e. The molecule has 102 valence electrons. The van der Waals surface area contributed by atoms with Crippen LogP contribution in [0.1, 0.15) is 22.0 Å². The Bertz CT molecular complexity index is 563. The first-order valence-corrected chi connectivity index (χ1v) is 7.40. The van der Waals surface area contributed by atoms with Crippen molar-refractivity contribution in [2.75, 3.05) is 14.2 Å². The first-order valence-electron chi connectivity index (χ1n) is 5.83. The van der Waals surface area contributed by atoms with Gasteiger partial charge < -0.3 is 10.1 Å². The first-order chi connectivity index (χ1) is 9.06. The van der Waals surface area contributed by atoms with Crippen molar-refractivity contribution in [2.24, 2.45) is 0 Å². The lowest BCUT2D eigenvalue weighted by atomic mass is 10.0. The molecule has 19 heavy (non-hydrogen) atoms. The topological polar surface area (TPSA) is 21.3 Å². The normalized spacial score (nSPS) is 12.5. The van der Waals surface area contributed by atoms with Crippen molar-refractivity contribution in [3.63, 3.8) is 0 Å². The fraction of sp³-hybridized carbons (Fsp3) is 0.286. The highest BCUT2D eigenvalue weighted by molar-refractivity contribution is 7.16. The molecule has 0 aliphatic rings. The molecular formula is C14H15Cl2NOS. The lowest BCUT2D eigenvalue weighted by Gasteiger charge is -2.18. The Hall–Kier alpha value is -0.740. The Morgan fingerprint density at radius 1 is 1.26 bits per heavy atom. The molecule has 1 aromatic carbocycles. The highest BCUT2D eigenvalue weighted by Gasteiger charge is 2.19. The monoisotopic (exact) mass is 315 g/mol. The number of methoxy groups -OCH3 is 1. The number of halogens is 2. The third-order valence-corrected chi connectivity index (χ3v) is 4.81. The van der Waals surface area contributed by atoms with Gasteiger partial charge in [0, 0.05) is 15.5 Å². The van der Waals surface area contributed by atoms with Crippen molar-refractivity contribution >= 4 is 34.5 Å². The molecular weight excluding hydrogens is 301 g/mol. The summed E-state index contributed by atoms with van der Waals surface area (Å²) in [6.07, 6.45) is 0. The molecule has 0 aliphatic heterocycles. The van der Waals surface area contributed by atoms with Gasteiger partial charge in [0.25, 0.3) is 0 Å². The zero-order valence-corrected chi connectivity index (χ0v) is 13.3. The number of benzene rings is 1. The molecule has 1 unspecified atom stereocenters. The van der Waals surface area contributed by atoms with Gasteiger partial charge >= 0.3 is 0 Å². The minimum absolute atomic E-state index is 0.0448. The molecule has 0 spiro atoms. The van der Waals surface area contributed by atoms with Gasteiger partial charge in [0.15, 0.2) is 0 Å². The van der Waals surface area contributed by atoms with Crippen molar-refractivity contribution in [1.29, 1.82) is 0 Å². The maximum absolute atomic E-state index is 6.16. The third kappa shape index (κ3) is 3.06. The van der Waals surface area contributed by atoms with E-state index < -0.39 is 0 Å². The second-order valence-corrected chi connectivity index (χ2v) is 6.34. The van der Waals surface area contributed by atoms with Crippen molar-refractivity contribution in [1.82, 2.24) is 5.32 Å². The predicted molar refractivity (Wildman–Crippen MR) is 83.0 cm³/mol. The molecule has 0 bridgehead atoms. The second-order valence-electron chi connectivity index (χ2n) is 4.21. The van der Waals surface area contributed by atoms with Crippen LogP contribution in [-0.4, -0.2) is 14.2 Å². The molecule has 1 N–H and O–H groups in total. The Morgan fingerprint density at radius 2 is 2.00 bits per heavy atom. The summed E-state index contributed by atoms with van der Waals surface area (Å²) in [4.78, 5) is 1.16.